The number of amides is 1. The standard InChI is InChI=1S/C10H8FN3O/c11-6-3-8-7(13-5-6)4-9-10(15)12-1-2-14(8)9/h3-5H,1-2H2,(H,12,15). The molecule has 2 aromatic rings. The maximum Gasteiger partial charge on any atom is 0.268 e. The summed E-state index contributed by atoms with van der Waals surface area (Å²) in [5.41, 5.74) is 1.89. The van der Waals surface area contributed by atoms with E-state index >= 15 is 0 Å². The van der Waals surface area contributed by atoms with Crippen molar-refractivity contribution in [2.45, 2.75) is 6.54 Å². The van der Waals surface area contributed by atoms with Gasteiger partial charge in [-0.15, -0.1) is 0 Å². The molecule has 1 aliphatic rings. The van der Waals surface area contributed by atoms with Crippen molar-refractivity contribution in [3.05, 3.63) is 29.8 Å². The van der Waals surface area contributed by atoms with Crippen LogP contribution >= 0.6 is 0 Å². The third-order valence-corrected chi connectivity index (χ3v) is 2.57. The van der Waals surface area contributed by atoms with Gasteiger partial charge in [-0.1, -0.05) is 0 Å². The van der Waals surface area contributed by atoms with Crippen LogP contribution in [0.15, 0.2) is 18.3 Å². The Morgan fingerprint density at radius 2 is 2.33 bits per heavy atom. The predicted molar refractivity (Wildman–Crippen MR) is 52.0 cm³/mol. The van der Waals surface area contributed by atoms with Gasteiger partial charge in [0.15, 0.2) is 0 Å². The number of hydrogen-bond donors (Lipinski definition) is 1. The first-order valence-electron chi connectivity index (χ1n) is 4.69. The van der Waals surface area contributed by atoms with E-state index in [9.17, 15) is 9.18 Å². The molecule has 1 amide bonds. The smallest absolute Gasteiger partial charge is 0.268 e. The minimum absolute atomic E-state index is 0.125. The summed E-state index contributed by atoms with van der Waals surface area (Å²) < 4.78 is 14.8. The summed E-state index contributed by atoms with van der Waals surface area (Å²) in [5, 5.41) is 2.73. The molecule has 0 atom stereocenters. The molecule has 5 heteroatoms. The molecule has 0 aromatic carbocycles. The number of halogens is 1. The second-order valence-corrected chi connectivity index (χ2v) is 3.50. The van der Waals surface area contributed by atoms with Gasteiger partial charge in [-0.25, -0.2) is 4.39 Å². The molecule has 4 nitrogen and oxygen atoms in total. The zero-order valence-electron chi connectivity index (χ0n) is 7.83. The van der Waals surface area contributed by atoms with E-state index in [1.807, 2.05) is 0 Å². The van der Waals surface area contributed by atoms with Gasteiger partial charge >= 0.3 is 0 Å². The van der Waals surface area contributed by atoms with E-state index < -0.39 is 0 Å². The molecule has 0 bridgehead atoms. The van der Waals surface area contributed by atoms with Crippen molar-refractivity contribution in [3.8, 4) is 0 Å². The summed E-state index contributed by atoms with van der Waals surface area (Å²) >= 11 is 0. The fourth-order valence-electron chi connectivity index (χ4n) is 1.90. The van der Waals surface area contributed by atoms with Crippen molar-refractivity contribution in [2.75, 3.05) is 6.54 Å². The van der Waals surface area contributed by atoms with Gasteiger partial charge in [-0.3, -0.25) is 9.78 Å². The van der Waals surface area contributed by atoms with Gasteiger partial charge in [-0.2, -0.15) is 0 Å². The molecule has 0 saturated carbocycles. The molecule has 0 radical (unpaired) electrons. The first kappa shape index (κ1) is 8.40. The molecule has 76 valence electrons. The van der Waals surface area contributed by atoms with E-state index in [0.717, 1.165) is 6.20 Å². The van der Waals surface area contributed by atoms with E-state index in [1.165, 1.54) is 6.07 Å². The maximum atomic E-state index is 13.0. The Morgan fingerprint density at radius 3 is 3.20 bits per heavy atom. The summed E-state index contributed by atoms with van der Waals surface area (Å²) in [4.78, 5) is 15.4. The quantitative estimate of drug-likeness (QED) is 0.695. The van der Waals surface area contributed by atoms with Crippen LogP contribution in [-0.4, -0.2) is 22.0 Å². The minimum atomic E-state index is -0.380. The van der Waals surface area contributed by atoms with Crippen LogP contribution in [-0.2, 0) is 6.54 Å². The molecule has 1 aliphatic heterocycles. The van der Waals surface area contributed by atoms with Crippen molar-refractivity contribution >= 4 is 16.9 Å². The lowest BCUT2D eigenvalue weighted by Gasteiger charge is -2.16. The van der Waals surface area contributed by atoms with E-state index in [-0.39, 0.29) is 11.7 Å². The molecule has 3 rings (SSSR count). The van der Waals surface area contributed by atoms with Crippen LogP contribution in [0, 0.1) is 5.82 Å². The Balaban J connectivity index is 2.36. The van der Waals surface area contributed by atoms with Crippen LogP contribution in [0.3, 0.4) is 0 Å². The number of aromatic nitrogens is 2. The number of rotatable bonds is 0. The van der Waals surface area contributed by atoms with Gasteiger partial charge in [0.1, 0.15) is 11.5 Å². The summed E-state index contributed by atoms with van der Waals surface area (Å²) in [5.74, 6) is -0.506. The first-order valence-corrected chi connectivity index (χ1v) is 4.69. The second kappa shape index (κ2) is 2.79. The Kier molecular flexibility index (Phi) is 1.56. The lowest BCUT2D eigenvalue weighted by Crippen LogP contribution is -2.34. The number of nitrogens with one attached hydrogen (secondary N) is 1. The molecule has 15 heavy (non-hydrogen) atoms. The van der Waals surface area contributed by atoms with Crippen molar-refractivity contribution in [2.24, 2.45) is 0 Å². The van der Waals surface area contributed by atoms with Gasteiger partial charge in [0.2, 0.25) is 0 Å². The normalized spacial score (nSPS) is 15.1. The SMILES string of the molecule is O=C1NCCn2c1cc1ncc(F)cc12. The van der Waals surface area contributed by atoms with Crippen LogP contribution in [0.2, 0.25) is 0 Å². The van der Waals surface area contributed by atoms with Crippen LogP contribution < -0.4 is 5.32 Å². The van der Waals surface area contributed by atoms with Crippen molar-refractivity contribution in [3.63, 3.8) is 0 Å². The average Bonchev–Trinajstić information content (AvgIpc) is 2.58. The highest BCUT2D eigenvalue weighted by Crippen LogP contribution is 2.20. The minimum Gasteiger partial charge on any atom is -0.349 e. The Morgan fingerprint density at radius 1 is 1.47 bits per heavy atom. The number of fused-ring (bicyclic) bond motifs is 3. The Bertz CT molecular complexity index is 561. The van der Waals surface area contributed by atoms with E-state index in [2.05, 4.69) is 10.3 Å². The molecular formula is C10H8FN3O. The monoisotopic (exact) mass is 205 g/mol. The third-order valence-electron chi connectivity index (χ3n) is 2.57. The molecule has 2 aromatic heterocycles. The third kappa shape index (κ3) is 1.12. The summed E-state index contributed by atoms with van der Waals surface area (Å²) in [6.45, 7) is 1.24. The van der Waals surface area contributed by atoms with Crippen LogP contribution in [0.1, 0.15) is 10.5 Å². The average molecular weight is 205 g/mol. The van der Waals surface area contributed by atoms with Crippen molar-refractivity contribution in [1.82, 2.24) is 14.9 Å². The number of hydrogen-bond acceptors (Lipinski definition) is 2. The number of pyridine rings is 1. The molecular weight excluding hydrogens is 197 g/mol. The van der Waals surface area contributed by atoms with Crippen molar-refractivity contribution in [1.29, 1.82) is 0 Å². The molecule has 0 spiro atoms. The van der Waals surface area contributed by atoms with Crippen molar-refractivity contribution < 1.29 is 9.18 Å². The molecule has 0 fully saturated rings. The molecule has 3 heterocycles. The van der Waals surface area contributed by atoms with Gasteiger partial charge in [0.05, 0.1) is 17.2 Å². The summed E-state index contributed by atoms with van der Waals surface area (Å²) in [6.07, 6.45) is 1.16. The zero-order valence-corrected chi connectivity index (χ0v) is 7.83. The highest BCUT2D eigenvalue weighted by atomic mass is 19.1. The largest absolute Gasteiger partial charge is 0.349 e. The maximum absolute atomic E-state index is 13.0. The van der Waals surface area contributed by atoms with E-state index in [4.69, 9.17) is 0 Å². The topological polar surface area (TPSA) is 46.9 Å². The first-order chi connectivity index (χ1) is 7.25. The van der Waals surface area contributed by atoms with Gasteiger partial charge in [-0.05, 0) is 6.07 Å². The highest BCUT2D eigenvalue weighted by molar-refractivity contribution is 5.98. The van der Waals surface area contributed by atoms with E-state index in [0.29, 0.717) is 29.8 Å². The van der Waals surface area contributed by atoms with Crippen LogP contribution in [0.5, 0.6) is 0 Å². The number of carbonyl (C=O) groups excluding carboxylic acids is 1. The fourth-order valence-corrected chi connectivity index (χ4v) is 1.90. The lowest BCUT2D eigenvalue weighted by atomic mass is 10.3. The van der Waals surface area contributed by atoms with Crippen LogP contribution in [0.25, 0.3) is 11.0 Å². The molecule has 0 aliphatic carbocycles. The van der Waals surface area contributed by atoms with Gasteiger partial charge in [0, 0.05) is 19.2 Å². The molecule has 0 unspecified atom stereocenters. The zero-order chi connectivity index (χ0) is 10.4. The summed E-state index contributed by atoms with van der Waals surface area (Å²) in [6, 6.07) is 3.09. The molecule has 0 saturated heterocycles. The highest BCUT2D eigenvalue weighted by Gasteiger charge is 2.19. The van der Waals surface area contributed by atoms with E-state index in [1.54, 1.807) is 10.6 Å². The Hall–Kier alpha value is -1.91. The lowest BCUT2D eigenvalue weighted by molar-refractivity contribution is 0.0929. The number of nitrogens with zero attached hydrogens (tertiary/aromatic N) is 2. The molecule has 1 N–H and O–H groups in total. The second-order valence-electron chi connectivity index (χ2n) is 3.50. The van der Waals surface area contributed by atoms with Crippen LogP contribution in [0.4, 0.5) is 4.39 Å². The fraction of sp³-hybridized carbons (Fsp3) is 0.200. The van der Waals surface area contributed by atoms with Gasteiger partial charge < -0.3 is 9.88 Å². The Labute approximate surface area is 84.7 Å². The summed E-state index contributed by atoms with van der Waals surface area (Å²) in [7, 11) is 0. The number of carbonyl (C=O) groups is 1. The van der Waals surface area contributed by atoms with Gasteiger partial charge in [0.25, 0.3) is 5.91 Å². The predicted octanol–water partition coefficient (Wildman–Crippen LogP) is 0.919.